The number of ether oxygens (including phenoxy) is 9. The van der Waals surface area contributed by atoms with Gasteiger partial charge in [-0.2, -0.15) is 0 Å². The van der Waals surface area contributed by atoms with Crippen LogP contribution in [-0.4, -0.2) is 266 Å². The Morgan fingerprint density at radius 2 is 1.46 bits per heavy atom. The lowest BCUT2D eigenvalue weighted by Gasteiger charge is -2.50. The third-order valence-electron chi connectivity index (χ3n) is 15.3. The number of carboxylic acid groups (broad SMARTS) is 1. The maximum atomic E-state index is 13.8. The van der Waals surface area contributed by atoms with Crippen molar-refractivity contribution < 1.29 is 123 Å². The van der Waals surface area contributed by atoms with Crippen molar-refractivity contribution >= 4 is 24.0 Å². The number of carbonyl (C=O) groups excluding carboxylic acids is 3. The summed E-state index contributed by atoms with van der Waals surface area (Å²) in [6, 6.07) is -0.748. The molecular weight excluding hydrogens is 1050 g/mol. The summed E-state index contributed by atoms with van der Waals surface area (Å²) in [5, 5.41) is 117. The number of esters is 1. The van der Waals surface area contributed by atoms with E-state index in [4.69, 9.17) is 78.4 Å². The molecule has 26 nitrogen and oxygen atoms in total. The molecule has 26 heteroatoms. The minimum atomic E-state index is -2.29. The molecular formula is C53H91NO25. The third kappa shape index (κ3) is 19.0. The minimum absolute atomic E-state index is 0.00788. The highest BCUT2D eigenvalue weighted by atomic mass is 16.7. The summed E-state index contributed by atoms with van der Waals surface area (Å²) in [5.74, 6) is -5.37. The van der Waals surface area contributed by atoms with Crippen LogP contribution in [0.5, 0.6) is 0 Å². The van der Waals surface area contributed by atoms with Gasteiger partial charge in [-0.25, -0.2) is 4.79 Å². The highest BCUT2D eigenvalue weighted by Gasteiger charge is 2.52. The zero-order valence-corrected chi connectivity index (χ0v) is 47.3. The maximum absolute atomic E-state index is 13.8. The van der Waals surface area contributed by atoms with Gasteiger partial charge in [-0.15, -0.1) is 0 Å². The molecule has 4 heterocycles. The van der Waals surface area contributed by atoms with Gasteiger partial charge in [-0.05, 0) is 73.5 Å². The van der Waals surface area contributed by atoms with Crippen molar-refractivity contribution in [3.8, 4) is 0 Å². The summed E-state index contributed by atoms with van der Waals surface area (Å²) >= 11 is 0. The first-order valence-corrected chi connectivity index (χ1v) is 26.7. The molecule has 3 saturated heterocycles. The average molecular weight is 1140 g/mol. The Morgan fingerprint density at radius 3 is 2.00 bits per heavy atom. The van der Waals surface area contributed by atoms with Crippen molar-refractivity contribution in [2.24, 2.45) is 23.7 Å². The number of aldehydes is 1. The van der Waals surface area contributed by atoms with E-state index in [1.165, 1.54) is 27.2 Å². The summed E-state index contributed by atoms with van der Waals surface area (Å²) in [6.07, 6.45) is -18.7. The van der Waals surface area contributed by atoms with Crippen molar-refractivity contribution in [2.45, 2.75) is 222 Å². The van der Waals surface area contributed by atoms with E-state index in [2.05, 4.69) is 0 Å². The van der Waals surface area contributed by atoms with Gasteiger partial charge in [0.2, 0.25) is 0 Å². The topological polar surface area (TPSA) is 397 Å². The molecule has 0 saturated carbocycles. The van der Waals surface area contributed by atoms with Gasteiger partial charge in [0.05, 0.1) is 61.8 Å². The van der Waals surface area contributed by atoms with Gasteiger partial charge in [0.25, 0.3) is 0 Å². The Labute approximate surface area is 461 Å². The largest absolute Gasteiger partial charge is 0.479 e. The zero-order valence-electron chi connectivity index (χ0n) is 47.3. The van der Waals surface area contributed by atoms with E-state index in [0.717, 1.165) is 6.29 Å². The number of carboxylic acids is 1. The van der Waals surface area contributed by atoms with Crippen molar-refractivity contribution in [1.82, 2.24) is 4.90 Å². The SMILES string of the molecule is CC[C@H]1OC(=O)C[C@@H](O)[C@H](C)[C@@H](O[C@H]2O[C@H](C)[C@@H](O[C@H]3C[C@@](C)(O)[C@@H](O)[C@H](C)O3)[C@H](N(C)C)[C@H]2O)[C@@H](CC=O)C[C@@H](C)C(=O)/C=C/C(C)=C/C1CO[C@@H]1O[C@H](C)[C@@H](O)[C@@H](OC)[C@H]1OC.O=C(O)[C@@H](O)[C@@H](O)[C@H](O)[C@@H](O)[C@@H](O)CO. The Kier molecular flexibility index (Phi) is 28.6. The molecule has 0 radical (unpaired) electrons. The van der Waals surface area contributed by atoms with Gasteiger partial charge in [-0.3, -0.25) is 9.59 Å². The van der Waals surface area contributed by atoms with Gasteiger partial charge in [-0.1, -0.05) is 38.5 Å². The summed E-state index contributed by atoms with van der Waals surface area (Å²) in [6.45, 7) is 12.8. The van der Waals surface area contributed by atoms with E-state index < -0.39 is 183 Å². The van der Waals surface area contributed by atoms with Crippen LogP contribution in [0.3, 0.4) is 0 Å². The highest BCUT2D eigenvalue weighted by molar-refractivity contribution is 5.91. The summed E-state index contributed by atoms with van der Waals surface area (Å²) < 4.78 is 54.7. The number of hydrogen-bond donors (Lipinski definition) is 12. The first-order valence-electron chi connectivity index (χ1n) is 26.7. The molecule has 0 aromatic heterocycles. The number of aliphatic hydroxyl groups excluding tert-OH is 10. The molecule has 0 bridgehead atoms. The van der Waals surface area contributed by atoms with Crippen molar-refractivity contribution in [3.63, 3.8) is 0 Å². The Bertz CT molecular complexity index is 1940. The van der Waals surface area contributed by atoms with Crippen LogP contribution in [0.25, 0.3) is 0 Å². The molecule has 4 rings (SSSR count). The van der Waals surface area contributed by atoms with Crippen molar-refractivity contribution in [2.75, 3.05) is 41.5 Å². The predicted molar refractivity (Wildman–Crippen MR) is 275 cm³/mol. The Balaban J connectivity index is 0.000000949. The van der Waals surface area contributed by atoms with E-state index >= 15 is 0 Å². The number of ketones is 1. The molecule has 79 heavy (non-hydrogen) atoms. The van der Waals surface area contributed by atoms with Gasteiger partial charge in [0, 0.05) is 44.8 Å². The molecule has 4 aliphatic rings. The first-order chi connectivity index (χ1) is 36.9. The van der Waals surface area contributed by atoms with Gasteiger partial charge < -0.3 is 114 Å². The van der Waals surface area contributed by atoms with Gasteiger partial charge in [0.1, 0.15) is 73.4 Å². The fourth-order valence-corrected chi connectivity index (χ4v) is 10.4. The average Bonchev–Trinajstić information content (AvgIpc) is 3.39. The molecule has 26 atom stereocenters. The molecule has 458 valence electrons. The van der Waals surface area contributed by atoms with Crippen molar-refractivity contribution in [3.05, 3.63) is 23.8 Å². The molecule has 0 spiro atoms. The number of aliphatic hydroxyl groups is 11. The van der Waals surface area contributed by atoms with Crippen molar-refractivity contribution in [1.29, 1.82) is 0 Å². The van der Waals surface area contributed by atoms with E-state index in [9.17, 15) is 44.7 Å². The van der Waals surface area contributed by atoms with Gasteiger partial charge in [0.15, 0.2) is 30.8 Å². The molecule has 3 fully saturated rings. The third-order valence-corrected chi connectivity index (χ3v) is 15.3. The van der Waals surface area contributed by atoms with Crippen LogP contribution in [-0.2, 0) is 61.8 Å². The van der Waals surface area contributed by atoms with E-state index in [1.807, 2.05) is 19.9 Å². The van der Waals surface area contributed by atoms with Crippen LogP contribution in [0.2, 0.25) is 0 Å². The Morgan fingerprint density at radius 1 is 0.835 bits per heavy atom. The number of aliphatic carboxylic acids is 1. The van der Waals surface area contributed by atoms with Crippen LogP contribution in [0, 0.1) is 23.7 Å². The zero-order chi connectivity index (χ0) is 60.0. The molecule has 0 aliphatic carbocycles. The second kappa shape index (κ2) is 32.1. The van der Waals surface area contributed by atoms with E-state index in [1.54, 1.807) is 59.7 Å². The highest BCUT2D eigenvalue weighted by Crippen LogP contribution is 2.38. The number of carbonyl (C=O) groups is 4. The fraction of sp³-hybridized carbons (Fsp3) is 0.849. The molecule has 0 aromatic rings. The lowest BCUT2D eigenvalue weighted by atomic mass is 9.79. The number of likely N-dealkylation sites (N-methyl/N-ethyl adjacent to an activating group) is 1. The number of nitrogens with zero attached hydrogens (tertiary/aromatic N) is 1. The monoisotopic (exact) mass is 1140 g/mol. The molecule has 0 aromatic carbocycles. The lowest BCUT2D eigenvalue weighted by Crippen LogP contribution is -2.65. The van der Waals surface area contributed by atoms with Crippen LogP contribution in [0.4, 0.5) is 0 Å². The van der Waals surface area contributed by atoms with Crippen LogP contribution < -0.4 is 0 Å². The molecule has 12 N–H and O–H groups in total. The quantitative estimate of drug-likeness (QED) is 0.0478. The molecule has 0 amide bonds. The predicted octanol–water partition coefficient (Wildman–Crippen LogP) is -2.30. The van der Waals surface area contributed by atoms with Crippen LogP contribution in [0.1, 0.15) is 87.5 Å². The van der Waals surface area contributed by atoms with Crippen LogP contribution in [0.15, 0.2) is 23.8 Å². The molecule has 4 aliphatic heterocycles. The van der Waals surface area contributed by atoms with E-state index in [0.29, 0.717) is 12.0 Å². The second-order valence-electron chi connectivity index (χ2n) is 21.7. The normalized spacial score (nSPS) is 41.3. The van der Waals surface area contributed by atoms with Gasteiger partial charge >= 0.3 is 11.9 Å². The summed E-state index contributed by atoms with van der Waals surface area (Å²) in [5.41, 5.74) is -0.806. The number of allylic oxidation sites excluding steroid dienone is 3. The number of rotatable bonds is 19. The fourth-order valence-electron chi connectivity index (χ4n) is 10.4. The maximum Gasteiger partial charge on any atom is 0.335 e. The standard InChI is InChI=1S/C46H77NO17.C7H14O8/c1-13-33-30(22-58-45-42(57-12)41(56-11)37(52)26(5)60-45)18-23(2)14-15-31(49)24(3)19-29(16-17-48)39(25(4)32(50)20-34(51)62-33)64-44-38(53)36(47(9)10)40(27(6)61-44)63-35-21-46(8,55)43(54)28(7)59-35;8-1-2(9)3(10)4(11)5(12)6(13)7(14)15/h14-15,17-18,24-30,32-33,35-45,50,52-55H,13,16,19-22H2,1-12H3;2-6,8-13H,1H2,(H,14,15)/b15-14+,23-18+;/t24-,25+,26-,27-,28+,29+,30?,32-,33-,35+,36-,37-,38-,39-,40-,41-,42-,43+,44-,45-,46-;2-,3-,4+,5-,6-/m10/s1. The minimum Gasteiger partial charge on any atom is -0.479 e. The summed E-state index contributed by atoms with van der Waals surface area (Å²) in [7, 11) is 6.43. The van der Waals surface area contributed by atoms with E-state index in [-0.39, 0.29) is 31.7 Å². The summed E-state index contributed by atoms with van der Waals surface area (Å²) in [4.78, 5) is 51.7. The Hall–Kier alpha value is -3.04. The first kappa shape index (κ1) is 70.2. The number of cyclic esters (lactones) is 1. The smallest absolute Gasteiger partial charge is 0.335 e. The van der Waals surface area contributed by atoms with Crippen LogP contribution >= 0.6 is 0 Å². The lowest BCUT2D eigenvalue weighted by molar-refractivity contribution is -0.341. The molecule has 1 unspecified atom stereocenters. The number of hydrogen-bond acceptors (Lipinski definition) is 25. The second-order valence-corrected chi connectivity index (χ2v) is 21.7. The number of methoxy groups -OCH3 is 2.